The normalized spacial score (nSPS) is 11.0. The number of H-pyrrole nitrogens is 1. The van der Waals surface area contributed by atoms with E-state index in [0.29, 0.717) is 17.5 Å². The fourth-order valence-electron chi connectivity index (χ4n) is 4.16. The zero-order chi connectivity index (χ0) is 23.6. The summed E-state index contributed by atoms with van der Waals surface area (Å²) in [5, 5.41) is 0.989. The van der Waals surface area contributed by atoms with E-state index in [1.54, 1.807) is 6.07 Å². The van der Waals surface area contributed by atoms with Crippen LogP contribution in [0.25, 0.3) is 56.2 Å². The Bertz CT molecular complexity index is 1640. The number of fused-ring (bicyclic) bond motifs is 1. The van der Waals surface area contributed by atoms with E-state index in [1.807, 2.05) is 109 Å². The molecule has 0 spiro atoms. The van der Waals surface area contributed by atoms with Crippen molar-refractivity contribution in [1.82, 2.24) is 19.9 Å². The van der Waals surface area contributed by atoms with Crippen molar-refractivity contribution >= 4 is 10.9 Å². The fraction of sp³-hybridized carbons (Fsp3) is 0. The maximum Gasteiger partial charge on any atom is 0.248 e. The monoisotopic (exact) mass is 452 g/mol. The zero-order valence-electron chi connectivity index (χ0n) is 18.7. The van der Waals surface area contributed by atoms with Gasteiger partial charge in [-0.15, -0.1) is 0 Å². The summed E-state index contributed by atoms with van der Waals surface area (Å²) in [6.07, 6.45) is 0. The summed E-state index contributed by atoms with van der Waals surface area (Å²) < 4.78 is 0. The lowest BCUT2D eigenvalue weighted by atomic mass is 10.0. The van der Waals surface area contributed by atoms with E-state index < -0.39 is 0 Å². The van der Waals surface area contributed by atoms with Gasteiger partial charge in [0.2, 0.25) is 5.56 Å². The number of hydrogen-bond donors (Lipinski definition) is 1. The Morgan fingerprint density at radius 1 is 0.457 bits per heavy atom. The third-order valence-corrected chi connectivity index (χ3v) is 5.91. The summed E-state index contributed by atoms with van der Waals surface area (Å²) in [6.45, 7) is 0. The first-order chi connectivity index (χ1) is 17.2. The second-order valence-corrected chi connectivity index (χ2v) is 8.21. The van der Waals surface area contributed by atoms with E-state index in [2.05, 4.69) is 4.98 Å². The largest absolute Gasteiger partial charge is 0.321 e. The van der Waals surface area contributed by atoms with Crippen LogP contribution in [0.4, 0.5) is 0 Å². The summed E-state index contributed by atoms with van der Waals surface area (Å²) in [5.41, 5.74) is 5.44. The van der Waals surface area contributed by atoms with Crippen LogP contribution in [0, 0.1) is 0 Å². The van der Waals surface area contributed by atoms with Crippen LogP contribution in [-0.4, -0.2) is 19.9 Å². The molecule has 0 amide bonds. The molecular weight excluding hydrogens is 432 g/mol. The Hall–Kier alpha value is -4.90. The van der Waals surface area contributed by atoms with Crippen LogP contribution < -0.4 is 5.56 Å². The molecule has 0 aliphatic heterocycles. The summed E-state index contributed by atoms with van der Waals surface area (Å²) in [6, 6.07) is 37.3. The lowest BCUT2D eigenvalue weighted by molar-refractivity contribution is 1.07. The Kier molecular flexibility index (Phi) is 5.20. The van der Waals surface area contributed by atoms with Crippen LogP contribution >= 0.6 is 0 Å². The topological polar surface area (TPSA) is 71.5 Å². The molecule has 0 unspecified atom stereocenters. The molecule has 1 N–H and O–H groups in total. The van der Waals surface area contributed by atoms with Gasteiger partial charge in [-0.1, -0.05) is 103 Å². The van der Waals surface area contributed by atoms with Crippen molar-refractivity contribution in [3.63, 3.8) is 0 Å². The molecule has 0 bridgehead atoms. The standard InChI is InChI=1S/C30H20N4O/c35-26-19-18-21-12-7-13-25(27(21)31-26)20-14-16-24(17-15-20)30-33-28(22-8-3-1-4-9-22)32-29(34-30)23-10-5-2-6-11-23/h1-19H,(H,31,35). The van der Waals surface area contributed by atoms with Crippen LogP contribution in [0.2, 0.25) is 0 Å². The van der Waals surface area contributed by atoms with Crippen molar-refractivity contribution in [2.45, 2.75) is 0 Å². The van der Waals surface area contributed by atoms with Crippen LogP contribution in [0.1, 0.15) is 0 Å². The lowest BCUT2D eigenvalue weighted by Crippen LogP contribution is -2.03. The molecule has 0 radical (unpaired) electrons. The summed E-state index contributed by atoms with van der Waals surface area (Å²) >= 11 is 0. The molecule has 0 saturated carbocycles. The molecule has 0 atom stereocenters. The SMILES string of the molecule is O=c1ccc2cccc(-c3ccc(-c4nc(-c5ccccc5)nc(-c5ccccc5)n4)cc3)c2[nH]1. The molecule has 6 rings (SSSR count). The highest BCUT2D eigenvalue weighted by Crippen LogP contribution is 2.29. The number of pyridine rings is 1. The van der Waals surface area contributed by atoms with E-state index in [0.717, 1.165) is 38.7 Å². The van der Waals surface area contributed by atoms with Gasteiger partial charge < -0.3 is 4.98 Å². The number of rotatable bonds is 4. The average Bonchev–Trinajstić information content (AvgIpc) is 2.93. The predicted octanol–water partition coefficient (Wildman–Crippen LogP) is 6.38. The number of aromatic amines is 1. The molecule has 4 aromatic carbocycles. The molecule has 5 heteroatoms. The van der Waals surface area contributed by atoms with Gasteiger partial charge >= 0.3 is 0 Å². The maximum atomic E-state index is 11.9. The van der Waals surface area contributed by atoms with Crippen molar-refractivity contribution in [1.29, 1.82) is 0 Å². The number of nitrogens with one attached hydrogen (secondary N) is 1. The third kappa shape index (κ3) is 4.11. The van der Waals surface area contributed by atoms with Gasteiger partial charge in [0.15, 0.2) is 17.5 Å². The van der Waals surface area contributed by atoms with Gasteiger partial charge in [-0.3, -0.25) is 4.79 Å². The molecule has 0 saturated heterocycles. The predicted molar refractivity (Wildman–Crippen MR) is 140 cm³/mol. The first kappa shape index (κ1) is 20.7. The number of hydrogen-bond acceptors (Lipinski definition) is 4. The van der Waals surface area contributed by atoms with E-state index >= 15 is 0 Å². The van der Waals surface area contributed by atoms with Crippen LogP contribution in [0.3, 0.4) is 0 Å². The molecule has 0 aliphatic carbocycles. The molecule has 0 aliphatic rings. The number of para-hydroxylation sites is 1. The second-order valence-electron chi connectivity index (χ2n) is 8.21. The van der Waals surface area contributed by atoms with Gasteiger partial charge in [0.05, 0.1) is 5.52 Å². The minimum Gasteiger partial charge on any atom is -0.321 e. The van der Waals surface area contributed by atoms with E-state index in [-0.39, 0.29) is 5.56 Å². The van der Waals surface area contributed by atoms with Crippen molar-refractivity contribution in [3.8, 4) is 45.3 Å². The Balaban J connectivity index is 1.46. The van der Waals surface area contributed by atoms with Gasteiger partial charge in [-0.05, 0) is 17.0 Å². The van der Waals surface area contributed by atoms with Crippen molar-refractivity contribution < 1.29 is 0 Å². The highest BCUT2D eigenvalue weighted by Gasteiger charge is 2.12. The van der Waals surface area contributed by atoms with Crippen LogP contribution in [0.15, 0.2) is 120 Å². The van der Waals surface area contributed by atoms with Crippen LogP contribution in [-0.2, 0) is 0 Å². The highest BCUT2D eigenvalue weighted by molar-refractivity contribution is 5.93. The summed E-state index contributed by atoms with van der Waals surface area (Å²) in [5.74, 6) is 1.87. The first-order valence-electron chi connectivity index (χ1n) is 11.3. The van der Waals surface area contributed by atoms with Gasteiger partial charge in [0, 0.05) is 28.3 Å². The van der Waals surface area contributed by atoms with Crippen molar-refractivity contribution in [2.75, 3.05) is 0 Å². The molecule has 35 heavy (non-hydrogen) atoms. The van der Waals surface area contributed by atoms with Gasteiger partial charge in [0.25, 0.3) is 0 Å². The minimum atomic E-state index is -0.117. The Labute approximate surface area is 201 Å². The Morgan fingerprint density at radius 3 is 1.54 bits per heavy atom. The molecule has 0 fully saturated rings. The van der Waals surface area contributed by atoms with E-state index in [4.69, 9.17) is 15.0 Å². The molecule has 2 aromatic heterocycles. The van der Waals surface area contributed by atoms with Crippen molar-refractivity contribution in [3.05, 3.63) is 126 Å². The summed E-state index contributed by atoms with van der Waals surface area (Å²) in [7, 11) is 0. The Morgan fingerprint density at radius 2 is 0.971 bits per heavy atom. The van der Waals surface area contributed by atoms with E-state index in [1.165, 1.54) is 0 Å². The molecular formula is C30H20N4O. The molecule has 5 nitrogen and oxygen atoms in total. The minimum absolute atomic E-state index is 0.117. The first-order valence-corrected chi connectivity index (χ1v) is 11.3. The maximum absolute atomic E-state index is 11.9. The van der Waals surface area contributed by atoms with E-state index in [9.17, 15) is 4.79 Å². The second kappa shape index (κ2) is 8.80. The van der Waals surface area contributed by atoms with Crippen molar-refractivity contribution in [2.24, 2.45) is 0 Å². The number of aromatic nitrogens is 4. The van der Waals surface area contributed by atoms with Gasteiger partial charge in [-0.2, -0.15) is 0 Å². The van der Waals surface area contributed by atoms with Crippen LogP contribution in [0.5, 0.6) is 0 Å². The number of nitrogens with zero attached hydrogens (tertiary/aromatic N) is 3. The quantitative estimate of drug-likeness (QED) is 0.337. The number of benzene rings is 4. The average molecular weight is 453 g/mol. The molecule has 166 valence electrons. The summed E-state index contributed by atoms with van der Waals surface area (Å²) in [4.78, 5) is 29.2. The van der Waals surface area contributed by atoms with Gasteiger partial charge in [0.1, 0.15) is 0 Å². The fourth-order valence-corrected chi connectivity index (χ4v) is 4.16. The molecule has 2 heterocycles. The highest BCUT2D eigenvalue weighted by atomic mass is 16.1. The zero-order valence-corrected chi connectivity index (χ0v) is 18.7. The van der Waals surface area contributed by atoms with Gasteiger partial charge in [-0.25, -0.2) is 15.0 Å². The third-order valence-electron chi connectivity index (χ3n) is 5.91. The molecule has 6 aromatic rings. The lowest BCUT2D eigenvalue weighted by Gasteiger charge is -2.10. The smallest absolute Gasteiger partial charge is 0.248 e.